The first-order valence-electron chi connectivity index (χ1n) is 9.38. The topological polar surface area (TPSA) is 91.0 Å². The van der Waals surface area contributed by atoms with E-state index in [1.807, 2.05) is 30.3 Å². The molecular weight excluding hydrogens is 422 g/mol. The zero-order valence-corrected chi connectivity index (χ0v) is 17.8. The second-order valence-corrected chi connectivity index (χ2v) is 9.57. The van der Waals surface area contributed by atoms with E-state index in [2.05, 4.69) is 16.4 Å². The zero-order valence-electron chi connectivity index (χ0n) is 16.2. The lowest BCUT2D eigenvalue weighted by Gasteiger charge is -2.21. The van der Waals surface area contributed by atoms with Crippen LogP contribution in [0.5, 0.6) is 0 Å². The summed E-state index contributed by atoms with van der Waals surface area (Å²) in [5.74, 6) is -0.0640. The van der Waals surface area contributed by atoms with E-state index in [-0.39, 0.29) is 23.5 Å². The predicted octanol–water partition coefficient (Wildman–Crippen LogP) is 3.21. The minimum atomic E-state index is -3.72. The Hall–Kier alpha value is -2.86. The molecule has 2 heterocycles. The highest BCUT2D eigenvalue weighted by Crippen LogP contribution is 2.33. The number of hydrogen-bond acceptors (Lipinski definition) is 5. The lowest BCUT2D eigenvalue weighted by Crippen LogP contribution is -2.32. The van der Waals surface area contributed by atoms with Gasteiger partial charge in [0.15, 0.2) is 5.03 Å². The van der Waals surface area contributed by atoms with Crippen molar-refractivity contribution in [2.75, 3.05) is 18.4 Å². The Labute approximate surface area is 180 Å². The Morgan fingerprint density at radius 1 is 1.20 bits per heavy atom. The first-order chi connectivity index (χ1) is 14.4. The molecule has 0 spiro atoms. The maximum absolute atomic E-state index is 13.1. The number of rotatable bonds is 5. The largest absolute Gasteiger partial charge is 0.380 e. The van der Waals surface area contributed by atoms with Crippen molar-refractivity contribution in [2.45, 2.75) is 17.0 Å². The smallest absolute Gasteiger partial charge is 0.262 e. The maximum atomic E-state index is 13.1. The van der Waals surface area contributed by atoms with E-state index < -0.39 is 10.0 Å². The van der Waals surface area contributed by atoms with Gasteiger partial charge >= 0.3 is 0 Å². The van der Waals surface area contributed by atoms with Gasteiger partial charge in [0.1, 0.15) is 6.07 Å². The lowest BCUT2D eigenvalue weighted by molar-refractivity contribution is 0.468. The van der Waals surface area contributed by atoms with Crippen LogP contribution in [0.2, 0.25) is 5.02 Å². The fourth-order valence-electron chi connectivity index (χ4n) is 3.72. The highest BCUT2D eigenvalue weighted by Gasteiger charge is 2.41. The quantitative estimate of drug-likeness (QED) is 0.656. The van der Waals surface area contributed by atoms with Crippen LogP contribution in [0.15, 0.2) is 66.1 Å². The number of halogens is 1. The van der Waals surface area contributed by atoms with Crippen molar-refractivity contribution >= 4 is 27.3 Å². The van der Waals surface area contributed by atoms with Gasteiger partial charge in [-0.15, -0.1) is 0 Å². The molecule has 1 saturated heterocycles. The summed E-state index contributed by atoms with van der Waals surface area (Å²) in [7, 11) is -1.98. The Morgan fingerprint density at radius 3 is 2.63 bits per heavy atom. The normalized spacial score (nSPS) is 19.5. The van der Waals surface area contributed by atoms with E-state index in [0.717, 1.165) is 11.3 Å². The number of aromatic nitrogens is 2. The Bertz CT molecular complexity index is 1200. The molecule has 9 heteroatoms. The third kappa shape index (κ3) is 3.92. The molecular formula is C21H20ClN5O2S. The van der Waals surface area contributed by atoms with E-state index in [1.165, 1.54) is 16.8 Å². The van der Waals surface area contributed by atoms with E-state index in [9.17, 15) is 13.7 Å². The molecule has 0 amide bonds. The van der Waals surface area contributed by atoms with Gasteiger partial charge in [0.25, 0.3) is 10.0 Å². The van der Waals surface area contributed by atoms with Gasteiger partial charge in [-0.05, 0) is 23.8 Å². The molecule has 0 saturated carbocycles. The number of hydrogen-bond donors (Lipinski definition) is 1. The summed E-state index contributed by atoms with van der Waals surface area (Å²) < 4.78 is 29.3. The van der Waals surface area contributed by atoms with Crippen LogP contribution in [0.25, 0.3) is 0 Å². The molecule has 0 radical (unpaired) electrons. The van der Waals surface area contributed by atoms with Gasteiger partial charge in [0.05, 0.1) is 16.9 Å². The molecule has 0 aliphatic carbocycles. The van der Waals surface area contributed by atoms with Gasteiger partial charge in [0.2, 0.25) is 0 Å². The number of sulfonamides is 1. The SMILES string of the molecule is Cn1cnc(S(=O)(=O)N2C[C@@H](Nc3ccc(Cl)c(C#N)c3)[C@H](c3ccccc3)C2)c1. The van der Waals surface area contributed by atoms with Crippen LogP contribution in [0.1, 0.15) is 17.0 Å². The van der Waals surface area contributed by atoms with Crippen LogP contribution in [0, 0.1) is 11.3 Å². The third-order valence-electron chi connectivity index (χ3n) is 5.24. The van der Waals surface area contributed by atoms with Crippen LogP contribution in [0.4, 0.5) is 5.69 Å². The number of imidazole rings is 1. The van der Waals surface area contributed by atoms with Crippen LogP contribution < -0.4 is 5.32 Å². The van der Waals surface area contributed by atoms with Gasteiger partial charge in [-0.1, -0.05) is 41.9 Å². The summed E-state index contributed by atoms with van der Waals surface area (Å²) in [4.78, 5) is 4.03. The number of anilines is 1. The number of nitrogens with one attached hydrogen (secondary N) is 1. The van der Waals surface area contributed by atoms with E-state index in [1.54, 1.807) is 29.8 Å². The van der Waals surface area contributed by atoms with E-state index >= 15 is 0 Å². The Balaban J connectivity index is 1.66. The van der Waals surface area contributed by atoms with Crippen LogP contribution >= 0.6 is 11.6 Å². The van der Waals surface area contributed by atoms with Crippen LogP contribution in [-0.2, 0) is 17.1 Å². The molecule has 1 aromatic heterocycles. The molecule has 0 bridgehead atoms. The van der Waals surface area contributed by atoms with E-state index in [4.69, 9.17) is 11.6 Å². The number of nitrogens with zero attached hydrogens (tertiary/aromatic N) is 4. The molecule has 0 unspecified atom stereocenters. The molecule has 1 aliphatic rings. The molecule has 1 aliphatic heterocycles. The fraction of sp³-hybridized carbons (Fsp3) is 0.238. The van der Waals surface area contributed by atoms with Crippen LogP contribution in [0.3, 0.4) is 0 Å². The van der Waals surface area contributed by atoms with Crippen molar-refractivity contribution in [2.24, 2.45) is 7.05 Å². The lowest BCUT2D eigenvalue weighted by atomic mass is 9.94. The molecule has 3 aromatic rings. The number of nitriles is 1. The summed E-state index contributed by atoms with van der Waals surface area (Å²) in [6.45, 7) is 0.613. The van der Waals surface area contributed by atoms with Gasteiger partial charge in [-0.3, -0.25) is 0 Å². The van der Waals surface area contributed by atoms with Crippen molar-refractivity contribution in [3.05, 3.63) is 77.2 Å². The highest BCUT2D eigenvalue weighted by molar-refractivity contribution is 7.89. The third-order valence-corrected chi connectivity index (χ3v) is 7.29. The highest BCUT2D eigenvalue weighted by atomic mass is 35.5. The monoisotopic (exact) mass is 441 g/mol. The molecule has 2 atom stereocenters. The van der Waals surface area contributed by atoms with Crippen molar-refractivity contribution in [1.29, 1.82) is 5.26 Å². The molecule has 154 valence electrons. The maximum Gasteiger partial charge on any atom is 0.262 e. The van der Waals surface area contributed by atoms with Crippen molar-refractivity contribution in [3.8, 4) is 6.07 Å². The Kier molecular flexibility index (Phi) is 5.52. The summed E-state index contributed by atoms with van der Waals surface area (Å²) >= 11 is 6.04. The fourth-order valence-corrected chi connectivity index (χ4v) is 5.34. The molecule has 7 nitrogen and oxygen atoms in total. The molecule has 30 heavy (non-hydrogen) atoms. The summed E-state index contributed by atoms with van der Waals surface area (Å²) in [5.41, 5.74) is 2.14. The number of aryl methyl sites for hydroxylation is 1. The van der Waals surface area contributed by atoms with Gasteiger partial charge in [-0.25, -0.2) is 13.4 Å². The first-order valence-corrected chi connectivity index (χ1v) is 11.2. The van der Waals surface area contributed by atoms with Crippen molar-refractivity contribution in [1.82, 2.24) is 13.9 Å². The predicted molar refractivity (Wildman–Crippen MR) is 115 cm³/mol. The van der Waals surface area contributed by atoms with Gasteiger partial charge in [-0.2, -0.15) is 9.57 Å². The minimum absolute atomic E-state index is 0.0377. The molecule has 1 fully saturated rings. The second-order valence-electron chi connectivity index (χ2n) is 7.27. The average Bonchev–Trinajstić information content (AvgIpc) is 3.37. The van der Waals surface area contributed by atoms with E-state index in [0.29, 0.717) is 17.1 Å². The average molecular weight is 442 g/mol. The van der Waals surface area contributed by atoms with Gasteiger partial charge < -0.3 is 9.88 Å². The summed E-state index contributed by atoms with van der Waals surface area (Å²) in [5, 5.41) is 13.1. The number of benzene rings is 2. The summed E-state index contributed by atoms with van der Waals surface area (Å²) in [6.07, 6.45) is 2.98. The van der Waals surface area contributed by atoms with Gasteiger partial charge in [0, 0.05) is 44.0 Å². The molecule has 4 rings (SSSR count). The second kappa shape index (κ2) is 8.11. The molecule has 2 aromatic carbocycles. The molecule has 1 N–H and O–H groups in total. The van der Waals surface area contributed by atoms with Crippen molar-refractivity contribution in [3.63, 3.8) is 0 Å². The zero-order chi connectivity index (χ0) is 21.3. The standard InChI is InChI=1S/C21H20ClN5O2S/c1-26-13-21(24-14-26)30(28,29)27-11-18(15-5-3-2-4-6-15)20(12-27)25-17-7-8-19(22)16(9-17)10-23/h2-9,13-14,18,20,25H,11-12H2,1H3/t18-,20+/m0/s1. The minimum Gasteiger partial charge on any atom is -0.380 e. The first kappa shape index (κ1) is 20.4. The summed E-state index contributed by atoms with van der Waals surface area (Å²) in [6, 6.07) is 16.8. The van der Waals surface area contributed by atoms with Crippen molar-refractivity contribution < 1.29 is 8.42 Å². The Morgan fingerprint density at radius 2 is 1.97 bits per heavy atom. The van der Waals surface area contributed by atoms with Crippen LogP contribution in [-0.4, -0.2) is 41.4 Å².